The molecular weight excluding hydrogens is 214 g/mol. The molecule has 16 heavy (non-hydrogen) atoms. The van der Waals surface area contributed by atoms with Crippen molar-refractivity contribution in [1.82, 2.24) is 0 Å². The number of carboxylic acids is 1. The molecule has 1 rings (SSSR count). The molecule has 0 saturated heterocycles. The summed E-state index contributed by atoms with van der Waals surface area (Å²) in [5.74, 6) is -1.20. The topological polar surface area (TPSA) is 97.5 Å². The van der Waals surface area contributed by atoms with E-state index >= 15 is 0 Å². The fourth-order valence-corrected chi connectivity index (χ4v) is 1.09. The molecule has 82 valence electrons. The van der Waals surface area contributed by atoms with Gasteiger partial charge in [0, 0.05) is 17.7 Å². The van der Waals surface area contributed by atoms with Crippen LogP contribution in [0.5, 0.6) is 0 Å². The minimum absolute atomic E-state index is 0.137. The molecule has 0 amide bonds. The van der Waals surface area contributed by atoms with E-state index in [-0.39, 0.29) is 16.8 Å². The second-order valence-electron chi connectivity index (χ2n) is 2.86. The Morgan fingerprint density at radius 3 is 2.62 bits per heavy atom. The molecule has 0 aliphatic carbocycles. The summed E-state index contributed by atoms with van der Waals surface area (Å²) in [7, 11) is 0. The molecule has 1 aromatic rings. The minimum Gasteiger partial charge on any atom is -0.478 e. The quantitative estimate of drug-likeness (QED) is 0.359. The van der Waals surface area contributed by atoms with Crippen molar-refractivity contribution in [1.29, 1.82) is 0 Å². The highest BCUT2D eigenvalue weighted by atomic mass is 16.6. The summed E-state index contributed by atoms with van der Waals surface area (Å²) in [6.07, 6.45) is 2.38. The van der Waals surface area contributed by atoms with Gasteiger partial charge in [0.05, 0.1) is 10.5 Å². The first kappa shape index (κ1) is 11.6. The fraction of sp³-hybridized carbons (Fsp3) is 0. The number of nitrogens with zero attached hydrogens (tertiary/aromatic N) is 1. The van der Waals surface area contributed by atoms with Gasteiger partial charge in [-0.05, 0) is 12.1 Å². The Morgan fingerprint density at radius 2 is 2.12 bits per heavy atom. The summed E-state index contributed by atoms with van der Waals surface area (Å²) in [5.41, 5.74) is -0.000671. The number of carbonyl (C=O) groups is 2. The molecule has 6 nitrogen and oxygen atoms in total. The summed E-state index contributed by atoms with van der Waals surface area (Å²) in [6, 6.07) is 3.79. The van der Waals surface area contributed by atoms with Gasteiger partial charge >= 0.3 is 5.97 Å². The lowest BCUT2D eigenvalue weighted by Gasteiger charge is -1.97. The van der Waals surface area contributed by atoms with Crippen molar-refractivity contribution >= 4 is 24.0 Å². The van der Waals surface area contributed by atoms with Gasteiger partial charge in [-0.1, -0.05) is 6.07 Å². The zero-order chi connectivity index (χ0) is 12.1. The summed E-state index contributed by atoms with van der Waals surface area (Å²) in [6.45, 7) is 0. The highest BCUT2D eigenvalue weighted by molar-refractivity contribution is 5.87. The molecular formula is C10H7NO5. The Hall–Kier alpha value is -2.50. The van der Waals surface area contributed by atoms with E-state index in [1.807, 2.05) is 0 Å². The number of aliphatic carboxylic acids is 1. The van der Waals surface area contributed by atoms with E-state index in [4.69, 9.17) is 5.11 Å². The van der Waals surface area contributed by atoms with Gasteiger partial charge in [-0.15, -0.1) is 0 Å². The fourth-order valence-electron chi connectivity index (χ4n) is 1.09. The highest BCUT2D eigenvalue weighted by Crippen LogP contribution is 2.20. The number of hydrogen-bond acceptors (Lipinski definition) is 4. The number of carboxylic acid groups (broad SMARTS) is 1. The second kappa shape index (κ2) is 4.83. The molecule has 6 heteroatoms. The van der Waals surface area contributed by atoms with Crippen molar-refractivity contribution in [3.63, 3.8) is 0 Å². The monoisotopic (exact) mass is 221 g/mol. The van der Waals surface area contributed by atoms with Gasteiger partial charge in [0.1, 0.15) is 6.29 Å². The van der Waals surface area contributed by atoms with Crippen LogP contribution in [-0.2, 0) is 4.79 Å². The Morgan fingerprint density at radius 1 is 1.44 bits per heavy atom. The van der Waals surface area contributed by atoms with Crippen molar-refractivity contribution in [2.75, 3.05) is 0 Å². The van der Waals surface area contributed by atoms with E-state index in [0.717, 1.165) is 18.2 Å². The van der Waals surface area contributed by atoms with Gasteiger partial charge in [0.25, 0.3) is 5.69 Å². The van der Waals surface area contributed by atoms with Crippen LogP contribution >= 0.6 is 0 Å². The van der Waals surface area contributed by atoms with Crippen molar-refractivity contribution in [2.45, 2.75) is 0 Å². The van der Waals surface area contributed by atoms with E-state index in [2.05, 4.69) is 0 Å². The smallest absolute Gasteiger partial charge is 0.328 e. The molecule has 0 atom stereocenters. The van der Waals surface area contributed by atoms with E-state index in [0.29, 0.717) is 6.29 Å². The predicted octanol–water partition coefficient (Wildman–Crippen LogP) is 1.51. The molecule has 1 N–H and O–H groups in total. The van der Waals surface area contributed by atoms with E-state index < -0.39 is 10.9 Å². The largest absolute Gasteiger partial charge is 0.478 e. The Balaban J connectivity index is 3.23. The lowest BCUT2D eigenvalue weighted by atomic mass is 10.1. The highest BCUT2D eigenvalue weighted by Gasteiger charge is 2.12. The third-order valence-corrected chi connectivity index (χ3v) is 1.79. The van der Waals surface area contributed by atoms with Crippen molar-refractivity contribution in [2.24, 2.45) is 0 Å². The van der Waals surface area contributed by atoms with Crippen molar-refractivity contribution < 1.29 is 19.6 Å². The van der Waals surface area contributed by atoms with Gasteiger partial charge in [0.15, 0.2) is 0 Å². The van der Waals surface area contributed by atoms with Crippen LogP contribution in [0.2, 0.25) is 0 Å². The van der Waals surface area contributed by atoms with Crippen LogP contribution in [0.4, 0.5) is 5.69 Å². The summed E-state index contributed by atoms with van der Waals surface area (Å²) in [4.78, 5) is 30.7. The standard InChI is InChI=1S/C10H7NO5/c12-6-7-1-2-8(3-4-10(13)14)9(5-7)11(15)16/h1-6H,(H,13,14). The number of rotatable bonds is 4. The average Bonchev–Trinajstić information content (AvgIpc) is 2.25. The van der Waals surface area contributed by atoms with Crippen LogP contribution in [0.25, 0.3) is 6.08 Å². The third kappa shape index (κ3) is 2.74. The number of benzene rings is 1. The first-order valence-corrected chi connectivity index (χ1v) is 4.19. The van der Waals surface area contributed by atoms with Gasteiger partial charge in [0.2, 0.25) is 0 Å². The molecule has 1 aromatic carbocycles. The molecule has 0 fully saturated rings. The lowest BCUT2D eigenvalue weighted by molar-refractivity contribution is -0.385. The average molecular weight is 221 g/mol. The van der Waals surface area contributed by atoms with Gasteiger partial charge in [-0.2, -0.15) is 0 Å². The Bertz CT molecular complexity index is 478. The molecule has 0 bridgehead atoms. The van der Waals surface area contributed by atoms with Crippen LogP contribution in [-0.4, -0.2) is 22.3 Å². The number of nitro benzene ring substituents is 1. The molecule has 0 unspecified atom stereocenters. The molecule has 0 aliphatic rings. The van der Waals surface area contributed by atoms with Gasteiger partial charge in [-0.3, -0.25) is 14.9 Å². The zero-order valence-electron chi connectivity index (χ0n) is 7.99. The maximum Gasteiger partial charge on any atom is 0.328 e. The normalized spacial score (nSPS) is 10.2. The molecule has 0 spiro atoms. The van der Waals surface area contributed by atoms with Crippen LogP contribution in [0.1, 0.15) is 15.9 Å². The predicted molar refractivity (Wildman–Crippen MR) is 55.2 cm³/mol. The van der Waals surface area contributed by atoms with E-state index in [1.54, 1.807) is 0 Å². The van der Waals surface area contributed by atoms with Crippen molar-refractivity contribution in [3.05, 3.63) is 45.5 Å². The first-order chi connectivity index (χ1) is 7.54. The summed E-state index contributed by atoms with van der Waals surface area (Å²) in [5, 5.41) is 19.0. The third-order valence-electron chi connectivity index (χ3n) is 1.79. The van der Waals surface area contributed by atoms with Crippen LogP contribution in [0, 0.1) is 10.1 Å². The SMILES string of the molecule is O=Cc1ccc(C=CC(=O)O)c([N+](=O)[O-])c1. The molecule has 0 heterocycles. The summed E-state index contributed by atoms with van der Waals surface area (Å²) >= 11 is 0. The van der Waals surface area contributed by atoms with Crippen molar-refractivity contribution in [3.8, 4) is 0 Å². The first-order valence-electron chi connectivity index (χ1n) is 4.19. The number of nitro groups is 1. The number of hydrogen-bond donors (Lipinski definition) is 1. The Labute approximate surface area is 90.0 Å². The zero-order valence-corrected chi connectivity index (χ0v) is 7.99. The molecule has 0 aliphatic heterocycles. The molecule has 0 radical (unpaired) electrons. The van der Waals surface area contributed by atoms with E-state index in [9.17, 15) is 19.7 Å². The van der Waals surface area contributed by atoms with Crippen LogP contribution in [0.15, 0.2) is 24.3 Å². The minimum atomic E-state index is -1.20. The maximum absolute atomic E-state index is 10.6. The Kier molecular flexibility index (Phi) is 3.49. The van der Waals surface area contributed by atoms with Crippen LogP contribution in [0.3, 0.4) is 0 Å². The number of carbonyl (C=O) groups excluding carboxylic acids is 1. The second-order valence-corrected chi connectivity index (χ2v) is 2.86. The lowest BCUT2D eigenvalue weighted by Crippen LogP contribution is -1.94. The van der Waals surface area contributed by atoms with Gasteiger partial charge in [-0.25, -0.2) is 4.79 Å². The maximum atomic E-state index is 10.6. The number of aldehydes is 1. The van der Waals surface area contributed by atoms with E-state index in [1.165, 1.54) is 12.1 Å². The summed E-state index contributed by atoms with van der Waals surface area (Å²) < 4.78 is 0. The molecule has 0 saturated carbocycles. The van der Waals surface area contributed by atoms with Gasteiger partial charge < -0.3 is 5.11 Å². The molecule has 0 aromatic heterocycles. The van der Waals surface area contributed by atoms with Crippen LogP contribution < -0.4 is 0 Å².